The van der Waals surface area contributed by atoms with Crippen LogP contribution in [0.3, 0.4) is 0 Å². The van der Waals surface area contributed by atoms with Gasteiger partial charge in [-0.15, -0.1) is 0 Å². The topological polar surface area (TPSA) is 63.6 Å². The highest BCUT2D eigenvalue weighted by Gasteiger charge is 2.61. The van der Waals surface area contributed by atoms with Crippen molar-refractivity contribution in [3.8, 4) is 0 Å². The molecule has 0 aromatic carbocycles. The number of Topliss-reactive ketones (excluding diaryl/α,β-unsaturated/α-hetero) is 1. The molecule has 0 aromatic rings. The van der Waals surface area contributed by atoms with Gasteiger partial charge in [0.05, 0.1) is 5.57 Å². The van der Waals surface area contributed by atoms with Crippen molar-refractivity contribution in [1.82, 2.24) is 0 Å². The molecule has 1 unspecified atom stereocenters. The zero-order valence-corrected chi connectivity index (χ0v) is 17.9. The number of ketones is 2. The fraction of sp³-hybridized carbons (Fsp3) is 0.750. The minimum atomic E-state index is -1.93. The summed E-state index contributed by atoms with van der Waals surface area (Å²) in [6.45, 7) is 11.1. The third-order valence-corrected chi connectivity index (χ3v) is 8.42. The fourth-order valence-electron chi connectivity index (χ4n) is 7.05. The van der Waals surface area contributed by atoms with Crippen molar-refractivity contribution in [3.05, 3.63) is 23.5 Å². The second-order valence-corrected chi connectivity index (χ2v) is 10.7. The number of hydrogen-bond acceptors (Lipinski definition) is 4. The first-order chi connectivity index (χ1) is 13.0. The summed E-state index contributed by atoms with van der Waals surface area (Å²) in [5, 5.41) is 10.8. The molecule has 4 aliphatic rings. The van der Waals surface area contributed by atoms with Crippen LogP contribution in [0.1, 0.15) is 79.6 Å². The lowest BCUT2D eigenvalue weighted by Crippen LogP contribution is -2.60. The van der Waals surface area contributed by atoms with Gasteiger partial charge in [-0.25, -0.2) is 0 Å². The van der Waals surface area contributed by atoms with Crippen molar-refractivity contribution < 1.29 is 19.4 Å². The summed E-state index contributed by atoms with van der Waals surface area (Å²) in [7, 11) is 0. The van der Waals surface area contributed by atoms with Gasteiger partial charge in [-0.1, -0.05) is 46.6 Å². The molecule has 154 valence electrons. The first-order valence-corrected chi connectivity index (χ1v) is 10.9. The molecule has 28 heavy (non-hydrogen) atoms. The lowest BCUT2D eigenvalue weighted by Gasteiger charge is -2.62. The second-order valence-electron chi connectivity index (χ2n) is 10.7. The van der Waals surface area contributed by atoms with Crippen molar-refractivity contribution in [1.29, 1.82) is 0 Å². The van der Waals surface area contributed by atoms with Crippen molar-refractivity contribution in [2.45, 2.75) is 90.8 Å². The molecule has 4 nitrogen and oxygen atoms in total. The monoisotopic (exact) mass is 386 g/mol. The van der Waals surface area contributed by atoms with Crippen LogP contribution in [0.2, 0.25) is 0 Å². The molecule has 2 fully saturated rings. The van der Waals surface area contributed by atoms with Gasteiger partial charge in [-0.05, 0) is 55.8 Å². The molecule has 5 atom stereocenters. The Hall–Kier alpha value is -1.42. The van der Waals surface area contributed by atoms with Gasteiger partial charge in [0.2, 0.25) is 5.78 Å². The number of ether oxygens (including phenoxy) is 1. The van der Waals surface area contributed by atoms with Gasteiger partial charge in [-0.3, -0.25) is 9.59 Å². The molecule has 0 amide bonds. The smallest absolute Gasteiger partial charge is 0.205 e. The maximum Gasteiger partial charge on any atom is 0.205 e. The summed E-state index contributed by atoms with van der Waals surface area (Å²) in [6.07, 6.45) is 9.73. The van der Waals surface area contributed by atoms with Crippen LogP contribution in [0.4, 0.5) is 0 Å². The van der Waals surface area contributed by atoms with Crippen LogP contribution in [0.5, 0.6) is 0 Å². The minimum Gasteiger partial charge on any atom is -0.486 e. The zero-order chi connectivity index (χ0) is 20.5. The summed E-state index contributed by atoms with van der Waals surface area (Å²) in [4.78, 5) is 25.7. The Balaban J connectivity index is 1.82. The Kier molecular flexibility index (Phi) is 4.29. The SMILES string of the molecule is CCCC1(O)C(=O)C=C2O[C@@]3(C)CC[C@H]4C(C)(C)CCC[C@]4(C)[C@H]3C=C2C1=O. The Bertz CT molecular complexity index is 790. The Morgan fingerprint density at radius 3 is 2.54 bits per heavy atom. The highest BCUT2D eigenvalue weighted by Crippen LogP contribution is 2.64. The number of rotatable bonds is 2. The highest BCUT2D eigenvalue weighted by atomic mass is 16.5. The molecular formula is C24H34O4. The lowest BCUT2D eigenvalue weighted by molar-refractivity contribution is -0.167. The molecular weight excluding hydrogens is 352 g/mol. The normalized spacial score (nSPS) is 44.5. The van der Waals surface area contributed by atoms with E-state index in [9.17, 15) is 14.7 Å². The molecule has 4 heteroatoms. The van der Waals surface area contributed by atoms with E-state index < -0.39 is 22.8 Å². The van der Waals surface area contributed by atoms with Crippen LogP contribution in [0, 0.1) is 22.7 Å². The number of hydrogen-bond donors (Lipinski definition) is 1. The predicted octanol–water partition coefficient (Wildman–Crippen LogP) is 4.51. The van der Waals surface area contributed by atoms with E-state index >= 15 is 0 Å². The van der Waals surface area contributed by atoms with E-state index in [1.807, 2.05) is 6.92 Å². The maximum absolute atomic E-state index is 13.2. The Morgan fingerprint density at radius 1 is 1.14 bits per heavy atom. The first kappa shape index (κ1) is 19.9. The van der Waals surface area contributed by atoms with Crippen LogP contribution in [0.25, 0.3) is 0 Å². The van der Waals surface area contributed by atoms with E-state index in [0.29, 0.717) is 23.7 Å². The average Bonchev–Trinajstić information content (AvgIpc) is 2.58. The van der Waals surface area contributed by atoms with Gasteiger partial charge in [-0.2, -0.15) is 0 Å². The van der Waals surface area contributed by atoms with E-state index in [-0.39, 0.29) is 23.2 Å². The number of allylic oxidation sites excluding steroid dienone is 1. The molecule has 0 aromatic heterocycles. The molecule has 1 aliphatic heterocycles. The lowest BCUT2D eigenvalue weighted by atomic mass is 9.45. The summed E-state index contributed by atoms with van der Waals surface area (Å²) in [5.74, 6) is 0.0414. The van der Waals surface area contributed by atoms with Crippen LogP contribution in [-0.2, 0) is 14.3 Å². The van der Waals surface area contributed by atoms with Crippen LogP contribution < -0.4 is 0 Å². The van der Waals surface area contributed by atoms with E-state index in [2.05, 4.69) is 33.8 Å². The molecule has 1 N–H and O–H groups in total. The first-order valence-electron chi connectivity index (χ1n) is 10.9. The van der Waals surface area contributed by atoms with Crippen molar-refractivity contribution in [2.75, 3.05) is 0 Å². The Labute approximate surface area is 168 Å². The van der Waals surface area contributed by atoms with Crippen LogP contribution >= 0.6 is 0 Å². The number of fused-ring (bicyclic) bond motifs is 4. The molecule has 4 rings (SSSR count). The van der Waals surface area contributed by atoms with Crippen LogP contribution in [-0.4, -0.2) is 27.9 Å². The number of carbonyl (C=O) groups excluding carboxylic acids is 2. The second kappa shape index (κ2) is 6.04. The van der Waals surface area contributed by atoms with Gasteiger partial charge >= 0.3 is 0 Å². The molecule has 3 aliphatic carbocycles. The fourth-order valence-corrected chi connectivity index (χ4v) is 7.05. The van der Waals surface area contributed by atoms with Crippen LogP contribution in [0.15, 0.2) is 23.5 Å². The van der Waals surface area contributed by atoms with E-state index in [1.54, 1.807) is 0 Å². The van der Waals surface area contributed by atoms with Gasteiger partial charge in [0.15, 0.2) is 11.4 Å². The maximum atomic E-state index is 13.2. The molecule has 1 heterocycles. The third kappa shape index (κ3) is 2.52. The molecule has 0 radical (unpaired) electrons. The van der Waals surface area contributed by atoms with Gasteiger partial charge in [0.25, 0.3) is 0 Å². The summed E-state index contributed by atoms with van der Waals surface area (Å²) < 4.78 is 6.42. The van der Waals surface area contributed by atoms with E-state index in [1.165, 1.54) is 18.9 Å². The largest absolute Gasteiger partial charge is 0.486 e. The van der Waals surface area contributed by atoms with E-state index in [0.717, 1.165) is 19.3 Å². The highest BCUT2D eigenvalue weighted by molar-refractivity contribution is 6.25. The zero-order valence-electron chi connectivity index (χ0n) is 17.9. The molecule has 0 bridgehead atoms. The number of carbonyl (C=O) groups is 2. The van der Waals surface area contributed by atoms with Gasteiger partial charge in [0, 0.05) is 12.0 Å². The summed E-state index contributed by atoms with van der Waals surface area (Å²) >= 11 is 0. The van der Waals surface area contributed by atoms with Crippen molar-refractivity contribution in [2.24, 2.45) is 22.7 Å². The molecule has 0 spiro atoms. The van der Waals surface area contributed by atoms with E-state index in [4.69, 9.17) is 4.74 Å². The predicted molar refractivity (Wildman–Crippen MR) is 107 cm³/mol. The Morgan fingerprint density at radius 2 is 1.86 bits per heavy atom. The van der Waals surface area contributed by atoms with Gasteiger partial charge < -0.3 is 9.84 Å². The molecule has 0 saturated heterocycles. The average molecular weight is 387 g/mol. The standard InChI is InChI=1S/C24H34O4/c1-6-9-24(27)19(25)14-16-15(20(24)26)13-18-22(4)11-7-10-21(2,3)17(22)8-12-23(18,5)28-16/h13-14,17-18,27H,6-12H2,1-5H3/t17-,18+,22-,23-,24?/m0/s1. The van der Waals surface area contributed by atoms with Crippen molar-refractivity contribution in [3.63, 3.8) is 0 Å². The number of aliphatic hydroxyl groups is 1. The summed E-state index contributed by atoms with van der Waals surface area (Å²) in [6, 6.07) is 0. The quantitative estimate of drug-likeness (QED) is 0.709. The molecule has 2 saturated carbocycles. The third-order valence-electron chi connectivity index (χ3n) is 8.42. The minimum absolute atomic E-state index is 0.0535. The van der Waals surface area contributed by atoms with Crippen molar-refractivity contribution >= 4 is 11.6 Å². The van der Waals surface area contributed by atoms with Gasteiger partial charge in [0.1, 0.15) is 11.4 Å². The summed E-state index contributed by atoms with van der Waals surface area (Å²) in [5.41, 5.74) is -1.59.